The number of fused-ring (bicyclic) bond motifs is 1. The molecule has 0 aliphatic carbocycles. The second-order valence-corrected chi connectivity index (χ2v) is 7.53. The number of hydrogen-bond donors (Lipinski definition) is 3. The highest BCUT2D eigenvalue weighted by atomic mass is 19.1. The topological polar surface area (TPSA) is 148 Å². The van der Waals surface area contributed by atoms with Crippen molar-refractivity contribution in [3.05, 3.63) is 82.9 Å². The Morgan fingerprint density at radius 1 is 1.26 bits per heavy atom. The van der Waals surface area contributed by atoms with E-state index < -0.39 is 23.8 Å². The number of amides is 1. The number of carbonyl (C=O) groups is 1. The molecule has 1 unspecified atom stereocenters. The predicted molar refractivity (Wildman–Crippen MR) is 122 cm³/mol. The monoisotopic (exact) mass is 476 g/mol. The van der Waals surface area contributed by atoms with Gasteiger partial charge in [-0.2, -0.15) is 5.10 Å². The third-order valence-corrected chi connectivity index (χ3v) is 5.20. The summed E-state index contributed by atoms with van der Waals surface area (Å²) in [6.45, 7) is 1.75. The molecule has 0 saturated carbocycles. The summed E-state index contributed by atoms with van der Waals surface area (Å²) in [5, 5.41) is 19.9. The van der Waals surface area contributed by atoms with Crippen molar-refractivity contribution >= 4 is 22.8 Å². The lowest BCUT2D eigenvalue weighted by Crippen LogP contribution is -2.13. The normalized spacial score (nSPS) is 11.9. The molecule has 0 aliphatic heterocycles. The first kappa shape index (κ1) is 21.8. The fraction of sp³-hybridized carbons (Fsp3) is 0.0870. The van der Waals surface area contributed by atoms with Gasteiger partial charge < -0.3 is 9.84 Å². The second kappa shape index (κ2) is 8.74. The summed E-state index contributed by atoms with van der Waals surface area (Å²) < 4.78 is 26.2. The van der Waals surface area contributed by atoms with Crippen molar-refractivity contribution in [2.45, 2.75) is 13.0 Å². The number of nitrogens with one attached hydrogen (secondary N) is 2. The number of benzene rings is 2. The van der Waals surface area contributed by atoms with E-state index in [-0.39, 0.29) is 17.4 Å². The molecule has 0 aliphatic rings. The molecule has 2 aromatic carbocycles. The molecule has 1 atom stereocenters. The van der Waals surface area contributed by atoms with Gasteiger partial charge >= 0.3 is 11.8 Å². The van der Waals surface area contributed by atoms with Gasteiger partial charge in [0.15, 0.2) is 17.4 Å². The number of ether oxygens (including phenoxy) is 1. The summed E-state index contributed by atoms with van der Waals surface area (Å²) in [6, 6.07) is 12.5. The highest BCUT2D eigenvalue weighted by molar-refractivity contribution is 5.89. The largest absolute Gasteiger partial charge is 0.482 e. The fourth-order valence-corrected chi connectivity index (χ4v) is 3.66. The standard InChI is InChI=1S/C23H17FN6O5/c1-12(34-19-11-14-9-15(24)4-5-17(14)26-21(19)27-22(31)32)16-10-13(20-28-23(33)35-29-20)3-6-18(16)30-8-2-7-25-30/h2-12H,1H3,(H,26,27)(H,31,32)(H,28,29,33). The Balaban J connectivity index is 1.59. The van der Waals surface area contributed by atoms with Gasteiger partial charge in [-0.15, -0.1) is 0 Å². The molecule has 5 aromatic rings. The number of hydrogen-bond acceptors (Lipinski definition) is 7. The summed E-state index contributed by atoms with van der Waals surface area (Å²) in [4.78, 5) is 29.6. The van der Waals surface area contributed by atoms with Crippen LogP contribution in [0.4, 0.5) is 15.0 Å². The Labute approximate surface area is 195 Å². The molecule has 0 radical (unpaired) electrons. The maximum absolute atomic E-state index is 13.8. The molecule has 3 aromatic heterocycles. The highest BCUT2D eigenvalue weighted by Gasteiger charge is 2.20. The highest BCUT2D eigenvalue weighted by Crippen LogP contribution is 2.34. The number of rotatable bonds is 6. The van der Waals surface area contributed by atoms with E-state index in [1.165, 1.54) is 24.3 Å². The van der Waals surface area contributed by atoms with Crippen LogP contribution in [0.15, 0.2) is 70.2 Å². The van der Waals surface area contributed by atoms with Crippen LogP contribution in [0.25, 0.3) is 28.0 Å². The fourth-order valence-electron chi connectivity index (χ4n) is 3.66. The molecular formula is C23H17FN6O5. The van der Waals surface area contributed by atoms with Gasteiger partial charge in [-0.25, -0.2) is 23.6 Å². The van der Waals surface area contributed by atoms with Crippen LogP contribution in [-0.2, 0) is 0 Å². The number of aromatic amines is 1. The third kappa shape index (κ3) is 4.44. The van der Waals surface area contributed by atoms with Gasteiger partial charge in [-0.05, 0) is 55.5 Å². The van der Waals surface area contributed by atoms with E-state index in [1.54, 1.807) is 48.3 Å². The summed E-state index contributed by atoms with van der Waals surface area (Å²) in [7, 11) is 0. The van der Waals surface area contributed by atoms with Crippen LogP contribution >= 0.6 is 0 Å². The first-order chi connectivity index (χ1) is 16.9. The lowest BCUT2D eigenvalue weighted by atomic mass is 10.0. The zero-order chi connectivity index (χ0) is 24.5. The maximum Gasteiger partial charge on any atom is 0.439 e. The minimum atomic E-state index is -1.33. The van der Waals surface area contributed by atoms with Crippen molar-refractivity contribution in [2.24, 2.45) is 0 Å². The van der Waals surface area contributed by atoms with Crippen molar-refractivity contribution < 1.29 is 23.6 Å². The zero-order valence-corrected chi connectivity index (χ0v) is 18.1. The molecule has 0 spiro atoms. The summed E-state index contributed by atoms with van der Waals surface area (Å²) in [5.41, 5.74) is 2.25. The van der Waals surface area contributed by atoms with Gasteiger partial charge in [0.2, 0.25) is 0 Å². The van der Waals surface area contributed by atoms with Crippen molar-refractivity contribution in [1.29, 1.82) is 0 Å². The molecule has 11 nitrogen and oxygen atoms in total. The SMILES string of the molecule is CC(Oc1cc2cc(F)ccc2nc1NC(=O)O)c1cc(-c2noc(=O)[nH]2)ccc1-n1cccn1. The molecule has 12 heteroatoms. The predicted octanol–water partition coefficient (Wildman–Crippen LogP) is 4.13. The van der Waals surface area contributed by atoms with Crippen LogP contribution < -0.4 is 15.8 Å². The average Bonchev–Trinajstić information content (AvgIpc) is 3.51. The van der Waals surface area contributed by atoms with Crippen molar-refractivity contribution in [3.8, 4) is 22.8 Å². The lowest BCUT2D eigenvalue weighted by molar-refractivity contribution is 0.208. The molecule has 1 amide bonds. The number of anilines is 1. The van der Waals surface area contributed by atoms with E-state index in [2.05, 4.69) is 30.1 Å². The molecule has 176 valence electrons. The molecule has 0 fully saturated rings. The summed E-state index contributed by atoms with van der Waals surface area (Å²) >= 11 is 0. The zero-order valence-electron chi connectivity index (χ0n) is 18.1. The van der Waals surface area contributed by atoms with Gasteiger partial charge in [-0.3, -0.25) is 14.8 Å². The van der Waals surface area contributed by atoms with Gasteiger partial charge in [0.25, 0.3) is 0 Å². The number of halogens is 1. The Bertz CT molecular complexity index is 1590. The van der Waals surface area contributed by atoms with E-state index in [0.29, 0.717) is 27.7 Å². The summed E-state index contributed by atoms with van der Waals surface area (Å²) in [6.07, 6.45) is 1.37. The van der Waals surface area contributed by atoms with Crippen molar-refractivity contribution in [1.82, 2.24) is 24.9 Å². The van der Waals surface area contributed by atoms with Crippen LogP contribution in [0, 0.1) is 5.82 Å². The van der Waals surface area contributed by atoms with Gasteiger partial charge in [0.05, 0.1) is 11.2 Å². The number of pyridine rings is 1. The van der Waals surface area contributed by atoms with Crippen LogP contribution in [0.3, 0.4) is 0 Å². The first-order valence-electron chi connectivity index (χ1n) is 10.3. The van der Waals surface area contributed by atoms with E-state index in [4.69, 9.17) is 4.74 Å². The number of H-pyrrole nitrogens is 1. The van der Waals surface area contributed by atoms with Crippen LogP contribution in [-0.4, -0.2) is 36.1 Å². The molecule has 3 N–H and O–H groups in total. The quantitative estimate of drug-likeness (QED) is 0.331. The van der Waals surface area contributed by atoms with E-state index in [9.17, 15) is 19.1 Å². The molecule has 35 heavy (non-hydrogen) atoms. The molecular weight excluding hydrogens is 459 g/mol. The molecule has 0 bridgehead atoms. The van der Waals surface area contributed by atoms with E-state index >= 15 is 0 Å². The average molecular weight is 476 g/mol. The molecule has 0 saturated heterocycles. The Morgan fingerprint density at radius 3 is 2.83 bits per heavy atom. The first-order valence-corrected chi connectivity index (χ1v) is 10.3. The van der Waals surface area contributed by atoms with Crippen molar-refractivity contribution in [3.63, 3.8) is 0 Å². The number of aromatic nitrogens is 5. The van der Waals surface area contributed by atoms with E-state index in [1.807, 2.05) is 0 Å². The van der Waals surface area contributed by atoms with Crippen LogP contribution in [0.1, 0.15) is 18.6 Å². The maximum atomic E-state index is 13.8. The number of carboxylic acid groups (broad SMARTS) is 1. The minimum Gasteiger partial charge on any atom is -0.482 e. The Morgan fingerprint density at radius 2 is 2.11 bits per heavy atom. The summed E-state index contributed by atoms with van der Waals surface area (Å²) in [5.74, 6) is -0.870. The molecule has 3 heterocycles. The second-order valence-electron chi connectivity index (χ2n) is 7.53. The smallest absolute Gasteiger partial charge is 0.439 e. The van der Waals surface area contributed by atoms with Crippen LogP contribution in [0.5, 0.6) is 5.75 Å². The van der Waals surface area contributed by atoms with Crippen molar-refractivity contribution in [2.75, 3.05) is 5.32 Å². The minimum absolute atomic E-state index is 0.0407. The van der Waals surface area contributed by atoms with Gasteiger partial charge in [0, 0.05) is 28.9 Å². The van der Waals surface area contributed by atoms with E-state index in [0.717, 1.165) is 0 Å². The number of nitrogens with zero attached hydrogens (tertiary/aromatic N) is 4. The third-order valence-electron chi connectivity index (χ3n) is 5.20. The van der Waals surface area contributed by atoms with Gasteiger partial charge in [-0.1, -0.05) is 5.16 Å². The molecule has 5 rings (SSSR count). The Hall–Kier alpha value is -5.00. The van der Waals surface area contributed by atoms with Gasteiger partial charge in [0.1, 0.15) is 11.9 Å². The van der Waals surface area contributed by atoms with Crippen LogP contribution in [0.2, 0.25) is 0 Å². The lowest BCUT2D eigenvalue weighted by Gasteiger charge is -2.21. The Kier molecular flexibility index (Phi) is 5.45.